The Kier molecular flexibility index (Phi) is 5.39. The van der Waals surface area contributed by atoms with Crippen molar-refractivity contribution in [3.05, 3.63) is 21.4 Å². The summed E-state index contributed by atoms with van der Waals surface area (Å²) in [4.78, 5) is 5.10. The van der Waals surface area contributed by atoms with Crippen molar-refractivity contribution in [3.63, 3.8) is 0 Å². The molecule has 1 aromatic rings. The molecule has 1 aromatic heterocycles. The number of aryl methyl sites for hydroxylation is 2. The first kappa shape index (κ1) is 15.0. The van der Waals surface area contributed by atoms with Gasteiger partial charge in [0.1, 0.15) is 0 Å². The normalized spacial score (nSPS) is 19.8. The molecule has 2 unspecified atom stereocenters. The van der Waals surface area contributed by atoms with E-state index in [2.05, 4.69) is 37.1 Å². The second kappa shape index (κ2) is 6.84. The fourth-order valence-electron chi connectivity index (χ4n) is 2.83. The molecule has 4 heteroatoms. The zero-order valence-electron chi connectivity index (χ0n) is 12.3. The lowest BCUT2D eigenvalue weighted by Crippen LogP contribution is -2.37. The third-order valence-corrected chi connectivity index (χ3v) is 4.85. The highest BCUT2D eigenvalue weighted by Crippen LogP contribution is 2.26. The van der Waals surface area contributed by atoms with E-state index in [-0.39, 0.29) is 6.10 Å². The summed E-state index contributed by atoms with van der Waals surface area (Å²) in [5, 5.41) is 13.5. The summed E-state index contributed by atoms with van der Waals surface area (Å²) < 4.78 is 0. The topological polar surface area (TPSA) is 35.5 Å². The minimum atomic E-state index is -0.263. The van der Waals surface area contributed by atoms with Crippen LogP contribution in [0.1, 0.15) is 41.1 Å². The van der Waals surface area contributed by atoms with Crippen LogP contribution in [0.25, 0.3) is 0 Å². The molecule has 0 aliphatic carbocycles. The third-order valence-electron chi connectivity index (χ3n) is 3.87. The fraction of sp³-hybridized carbons (Fsp3) is 0.733. The van der Waals surface area contributed by atoms with Crippen molar-refractivity contribution in [1.82, 2.24) is 10.2 Å². The van der Waals surface area contributed by atoms with E-state index in [1.165, 1.54) is 28.2 Å². The van der Waals surface area contributed by atoms with Gasteiger partial charge in [0.05, 0.1) is 6.10 Å². The van der Waals surface area contributed by atoms with E-state index in [9.17, 15) is 5.11 Å². The van der Waals surface area contributed by atoms with Gasteiger partial charge in [-0.2, -0.15) is 0 Å². The molecule has 3 nitrogen and oxygen atoms in total. The Labute approximate surface area is 120 Å². The smallest absolute Gasteiger partial charge is 0.0791 e. The van der Waals surface area contributed by atoms with Gasteiger partial charge in [-0.15, -0.1) is 11.3 Å². The van der Waals surface area contributed by atoms with Crippen molar-refractivity contribution in [2.75, 3.05) is 26.2 Å². The van der Waals surface area contributed by atoms with Crippen LogP contribution >= 0.6 is 11.3 Å². The molecule has 0 aromatic carbocycles. The van der Waals surface area contributed by atoms with E-state index in [0.717, 1.165) is 19.6 Å². The van der Waals surface area contributed by atoms with Crippen LogP contribution in [-0.2, 0) is 0 Å². The standard InChI is InChI=1S/C15H26N2OS/c1-11-8-15(13(3)19-11)12(2)16-9-14(18)10-17-6-4-5-7-17/h8,12,14,16,18H,4-7,9-10H2,1-3H3. The van der Waals surface area contributed by atoms with Gasteiger partial charge in [-0.3, -0.25) is 0 Å². The quantitative estimate of drug-likeness (QED) is 0.841. The van der Waals surface area contributed by atoms with E-state index in [0.29, 0.717) is 12.6 Å². The maximum atomic E-state index is 10.1. The lowest BCUT2D eigenvalue weighted by atomic mass is 10.1. The van der Waals surface area contributed by atoms with Gasteiger partial charge in [0.2, 0.25) is 0 Å². The van der Waals surface area contributed by atoms with Gasteiger partial charge < -0.3 is 15.3 Å². The van der Waals surface area contributed by atoms with Crippen LogP contribution in [0.3, 0.4) is 0 Å². The lowest BCUT2D eigenvalue weighted by Gasteiger charge is -2.21. The van der Waals surface area contributed by atoms with E-state index in [1.54, 1.807) is 0 Å². The first-order chi connectivity index (χ1) is 9.06. The molecule has 2 rings (SSSR count). The molecule has 2 atom stereocenters. The lowest BCUT2D eigenvalue weighted by molar-refractivity contribution is 0.121. The summed E-state index contributed by atoms with van der Waals surface area (Å²) >= 11 is 1.85. The maximum absolute atomic E-state index is 10.1. The number of nitrogens with one attached hydrogen (secondary N) is 1. The Balaban J connectivity index is 1.76. The van der Waals surface area contributed by atoms with Crippen LogP contribution in [0.5, 0.6) is 0 Å². The molecule has 0 spiro atoms. The van der Waals surface area contributed by atoms with Gasteiger partial charge in [-0.05, 0) is 58.3 Å². The molecule has 2 heterocycles. The number of thiophene rings is 1. The monoisotopic (exact) mass is 282 g/mol. The average Bonchev–Trinajstić information content (AvgIpc) is 2.96. The zero-order chi connectivity index (χ0) is 13.8. The van der Waals surface area contributed by atoms with Crippen molar-refractivity contribution >= 4 is 11.3 Å². The molecule has 0 saturated carbocycles. The van der Waals surface area contributed by atoms with Crippen LogP contribution in [0.15, 0.2) is 6.07 Å². The van der Waals surface area contributed by atoms with Crippen LogP contribution in [0, 0.1) is 13.8 Å². The molecule has 108 valence electrons. The highest BCUT2D eigenvalue weighted by Gasteiger charge is 2.17. The predicted octanol–water partition coefficient (Wildman–Crippen LogP) is 2.47. The first-order valence-corrected chi connectivity index (χ1v) is 8.08. The molecule has 0 amide bonds. The molecule has 1 fully saturated rings. The fourth-order valence-corrected chi connectivity index (χ4v) is 3.85. The molecular formula is C15H26N2OS. The van der Waals surface area contributed by atoms with E-state index in [1.807, 2.05) is 11.3 Å². The number of aliphatic hydroxyl groups is 1. The van der Waals surface area contributed by atoms with Gasteiger partial charge in [0.25, 0.3) is 0 Å². The number of hydrogen-bond donors (Lipinski definition) is 2. The van der Waals surface area contributed by atoms with Crippen molar-refractivity contribution in [1.29, 1.82) is 0 Å². The number of rotatable bonds is 6. The molecule has 1 aliphatic heterocycles. The Morgan fingerprint density at radius 1 is 1.37 bits per heavy atom. The highest BCUT2D eigenvalue weighted by atomic mass is 32.1. The number of aliphatic hydroxyl groups excluding tert-OH is 1. The van der Waals surface area contributed by atoms with Crippen molar-refractivity contribution in [3.8, 4) is 0 Å². The van der Waals surface area contributed by atoms with E-state index >= 15 is 0 Å². The molecule has 2 N–H and O–H groups in total. The van der Waals surface area contributed by atoms with Crippen LogP contribution < -0.4 is 5.32 Å². The third kappa shape index (κ3) is 4.28. The van der Waals surface area contributed by atoms with Gasteiger partial charge in [0.15, 0.2) is 0 Å². The summed E-state index contributed by atoms with van der Waals surface area (Å²) in [6, 6.07) is 2.57. The molecule has 0 bridgehead atoms. The van der Waals surface area contributed by atoms with Crippen molar-refractivity contribution in [2.24, 2.45) is 0 Å². The van der Waals surface area contributed by atoms with Crippen LogP contribution in [0.2, 0.25) is 0 Å². The Bertz CT molecular complexity index is 399. The van der Waals surface area contributed by atoms with E-state index < -0.39 is 0 Å². The van der Waals surface area contributed by atoms with Crippen molar-refractivity contribution < 1.29 is 5.11 Å². The summed E-state index contributed by atoms with van der Waals surface area (Å²) in [5.41, 5.74) is 1.37. The number of hydrogen-bond acceptors (Lipinski definition) is 4. The molecule has 1 saturated heterocycles. The van der Waals surface area contributed by atoms with Gasteiger partial charge in [-0.25, -0.2) is 0 Å². The minimum Gasteiger partial charge on any atom is -0.390 e. The second-order valence-corrected chi connectivity index (χ2v) is 7.12. The summed E-state index contributed by atoms with van der Waals surface area (Å²) in [6.45, 7) is 10.3. The predicted molar refractivity (Wildman–Crippen MR) is 81.9 cm³/mol. The van der Waals surface area contributed by atoms with Crippen molar-refractivity contribution in [2.45, 2.75) is 45.8 Å². The summed E-state index contributed by atoms with van der Waals surface area (Å²) in [7, 11) is 0. The average molecular weight is 282 g/mol. The Morgan fingerprint density at radius 2 is 2.05 bits per heavy atom. The summed E-state index contributed by atoms with van der Waals surface area (Å²) in [5.74, 6) is 0. The molecular weight excluding hydrogens is 256 g/mol. The van der Waals surface area contributed by atoms with E-state index in [4.69, 9.17) is 0 Å². The van der Waals surface area contributed by atoms with Gasteiger partial charge in [0, 0.05) is 28.9 Å². The molecule has 19 heavy (non-hydrogen) atoms. The highest BCUT2D eigenvalue weighted by molar-refractivity contribution is 7.12. The van der Waals surface area contributed by atoms with Gasteiger partial charge >= 0.3 is 0 Å². The molecule has 1 aliphatic rings. The Morgan fingerprint density at radius 3 is 2.63 bits per heavy atom. The second-order valence-electron chi connectivity index (χ2n) is 5.66. The number of β-amino-alcohol motifs (C(OH)–C–C–N with tert-alkyl or cyclic N) is 1. The Hall–Kier alpha value is -0.420. The summed E-state index contributed by atoms with van der Waals surface area (Å²) in [6.07, 6.45) is 2.30. The number of nitrogens with zero attached hydrogens (tertiary/aromatic N) is 1. The number of likely N-dealkylation sites (tertiary alicyclic amines) is 1. The first-order valence-electron chi connectivity index (χ1n) is 7.27. The zero-order valence-corrected chi connectivity index (χ0v) is 13.1. The van der Waals surface area contributed by atoms with Crippen LogP contribution in [0.4, 0.5) is 0 Å². The van der Waals surface area contributed by atoms with Gasteiger partial charge in [-0.1, -0.05) is 0 Å². The minimum absolute atomic E-state index is 0.263. The largest absolute Gasteiger partial charge is 0.390 e. The maximum Gasteiger partial charge on any atom is 0.0791 e. The molecule has 0 radical (unpaired) electrons. The van der Waals surface area contributed by atoms with Crippen LogP contribution in [-0.4, -0.2) is 42.3 Å². The SMILES string of the molecule is Cc1cc(C(C)NCC(O)CN2CCCC2)c(C)s1.